The van der Waals surface area contributed by atoms with Crippen LogP contribution < -0.4 is 5.32 Å². The van der Waals surface area contributed by atoms with Crippen molar-refractivity contribution in [1.29, 1.82) is 0 Å². The van der Waals surface area contributed by atoms with Crippen LogP contribution in [0.2, 0.25) is 0 Å². The van der Waals surface area contributed by atoms with Gasteiger partial charge >= 0.3 is 6.09 Å². The first-order valence-electron chi connectivity index (χ1n) is 6.05. The van der Waals surface area contributed by atoms with Gasteiger partial charge in [0.1, 0.15) is 5.60 Å². The standard InChI is InChI=1S/C12H15N3O2/c16-11-13-8-12(17-11)6-2-1-4-9(12)10-5-3-7-14-15-10/h3,5,7,9H,1-2,4,6,8H2,(H,13,16). The summed E-state index contributed by atoms with van der Waals surface area (Å²) in [6.45, 7) is 0.590. The minimum absolute atomic E-state index is 0.170. The molecule has 1 aliphatic carbocycles. The zero-order valence-corrected chi connectivity index (χ0v) is 9.56. The van der Waals surface area contributed by atoms with Crippen LogP contribution in [0.5, 0.6) is 0 Å². The van der Waals surface area contributed by atoms with Gasteiger partial charge in [0.15, 0.2) is 0 Å². The molecular weight excluding hydrogens is 218 g/mol. The van der Waals surface area contributed by atoms with Gasteiger partial charge in [0.25, 0.3) is 0 Å². The smallest absolute Gasteiger partial charge is 0.407 e. The van der Waals surface area contributed by atoms with Crippen LogP contribution in [0.3, 0.4) is 0 Å². The monoisotopic (exact) mass is 233 g/mol. The van der Waals surface area contributed by atoms with Crippen molar-refractivity contribution in [3.8, 4) is 0 Å². The highest BCUT2D eigenvalue weighted by molar-refractivity contribution is 5.70. The predicted molar refractivity (Wildman–Crippen MR) is 60.5 cm³/mol. The van der Waals surface area contributed by atoms with E-state index in [1.165, 1.54) is 0 Å². The molecule has 1 aromatic rings. The molecule has 2 unspecified atom stereocenters. The highest BCUT2D eigenvalue weighted by Gasteiger charge is 2.49. The zero-order chi connectivity index (χ0) is 11.7. The van der Waals surface area contributed by atoms with E-state index in [0.717, 1.165) is 31.4 Å². The zero-order valence-electron chi connectivity index (χ0n) is 9.56. The number of alkyl carbamates (subject to hydrolysis) is 1. The van der Waals surface area contributed by atoms with Crippen molar-refractivity contribution < 1.29 is 9.53 Å². The lowest BCUT2D eigenvalue weighted by Gasteiger charge is -2.38. The van der Waals surface area contributed by atoms with E-state index >= 15 is 0 Å². The van der Waals surface area contributed by atoms with E-state index in [1.54, 1.807) is 6.20 Å². The molecule has 1 N–H and O–H groups in total. The van der Waals surface area contributed by atoms with Crippen LogP contribution in [0, 0.1) is 0 Å². The Balaban J connectivity index is 1.93. The molecule has 2 heterocycles. The third kappa shape index (κ3) is 1.75. The molecule has 5 heteroatoms. The van der Waals surface area contributed by atoms with Gasteiger partial charge in [0.2, 0.25) is 0 Å². The summed E-state index contributed by atoms with van der Waals surface area (Å²) < 4.78 is 5.54. The number of nitrogens with one attached hydrogen (secondary N) is 1. The second-order valence-electron chi connectivity index (χ2n) is 4.75. The molecule has 2 fully saturated rings. The van der Waals surface area contributed by atoms with Crippen molar-refractivity contribution in [2.24, 2.45) is 0 Å². The average Bonchev–Trinajstić information content (AvgIpc) is 2.73. The number of hydrogen-bond acceptors (Lipinski definition) is 4. The number of ether oxygens (including phenoxy) is 1. The Kier molecular flexibility index (Phi) is 2.46. The summed E-state index contributed by atoms with van der Waals surface area (Å²) in [6, 6.07) is 3.85. The van der Waals surface area contributed by atoms with Crippen molar-refractivity contribution in [2.75, 3.05) is 6.54 Å². The van der Waals surface area contributed by atoms with Crippen LogP contribution >= 0.6 is 0 Å². The number of amides is 1. The Labute approximate surface area is 99.6 Å². The van der Waals surface area contributed by atoms with Crippen LogP contribution in [0.25, 0.3) is 0 Å². The van der Waals surface area contributed by atoms with E-state index in [1.807, 2.05) is 12.1 Å². The molecule has 1 spiro atoms. The Hall–Kier alpha value is -1.65. The summed E-state index contributed by atoms with van der Waals surface area (Å²) in [5.41, 5.74) is 0.537. The lowest BCUT2D eigenvalue weighted by Crippen LogP contribution is -2.43. The molecule has 1 aliphatic heterocycles. The fourth-order valence-corrected chi connectivity index (χ4v) is 2.94. The number of hydrogen-bond donors (Lipinski definition) is 1. The van der Waals surface area contributed by atoms with Crippen molar-refractivity contribution in [2.45, 2.75) is 37.2 Å². The second-order valence-corrected chi connectivity index (χ2v) is 4.75. The SMILES string of the molecule is O=C1NCC2(CCCCC2c2cccnn2)O1. The van der Waals surface area contributed by atoms with Gasteiger partial charge in [-0.05, 0) is 31.4 Å². The van der Waals surface area contributed by atoms with E-state index < -0.39 is 5.60 Å². The maximum atomic E-state index is 11.3. The first kappa shape index (κ1) is 10.5. The molecule has 5 nitrogen and oxygen atoms in total. The summed E-state index contributed by atoms with van der Waals surface area (Å²) >= 11 is 0. The molecule has 90 valence electrons. The quantitative estimate of drug-likeness (QED) is 0.800. The van der Waals surface area contributed by atoms with E-state index in [2.05, 4.69) is 15.5 Å². The van der Waals surface area contributed by atoms with Crippen molar-refractivity contribution in [1.82, 2.24) is 15.5 Å². The predicted octanol–water partition coefficient (Wildman–Crippen LogP) is 1.61. The van der Waals surface area contributed by atoms with Crippen molar-refractivity contribution in [3.05, 3.63) is 24.0 Å². The third-order valence-corrected chi connectivity index (χ3v) is 3.76. The van der Waals surface area contributed by atoms with Gasteiger partial charge in [-0.15, -0.1) is 0 Å². The molecule has 0 radical (unpaired) electrons. The number of aromatic nitrogens is 2. The molecule has 1 saturated heterocycles. The Morgan fingerprint density at radius 3 is 3.12 bits per heavy atom. The molecule has 0 aromatic carbocycles. The van der Waals surface area contributed by atoms with E-state index in [9.17, 15) is 4.79 Å². The largest absolute Gasteiger partial charge is 0.440 e. The van der Waals surface area contributed by atoms with Crippen LogP contribution in [-0.2, 0) is 4.74 Å². The topological polar surface area (TPSA) is 64.1 Å². The maximum Gasteiger partial charge on any atom is 0.407 e. The number of carbonyl (C=O) groups is 1. The van der Waals surface area contributed by atoms with Crippen LogP contribution in [0.15, 0.2) is 18.3 Å². The molecular formula is C12H15N3O2. The highest BCUT2D eigenvalue weighted by atomic mass is 16.6. The van der Waals surface area contributed by atoms with Gasteiger partial charge in [-0.25, -0.2) is 4.79 Å². The summed E-state index contributed by atoms with van der Waals surface area (Å²) in [5, 5.41) is 10.9. The summed E-state index contributed by atoms with van der Waals surface area (Å²) in [4.78, 5) is 11.3. The minimum atomic E-state index is -0.397. The minimum Gasteiger partial charge on any atom is -0.440 e. The number of carbonyl (C=O) groups excluding carboxylic acids is 1. The van der Waals surface area contributed by atoms with Crippen molar-refractivity contribution in [3.63, 3.8) is 0 Å². The Morgan fingerprint density at radius 1 is 1.47 bits per heavy atom. The molecule has 1 saturated carbocycles. The van der Waals surface area contributed by atoms with Crippen molar-refractivity contribution >= 4 is 6.09 Å². The van der Waals surface area contributed by atoms with Crippen LogP contribution in [-0.4, -0.2) is 28.4 Å². The molecule has 3 rings (SSSR count). The fourth-order valence-electron chi connectivity index (χ4n) is 2.94. The van der Waals surface area contributed by atoms with Gasteiger partial charge in [0, 0.05) is 12.1 Å². The Bertz CT molecular complexity index is 423. The third-order valence-electron chi connectivity index (χ3n) is 3.76. The normalized spacial score (nSPS) is 32.2. The summed E-state index contributed by atoms with van der Waals surface area (Å²) in [6.07, 6.45) is 5.53. The first-order valence-corrected chi connectivity index (χ1v) is 6.05. The van der Waals surface area contributed by atoms with E-state index in [0.29, 0.717) is 6.54 Å². The van der Waals surface area contributed by atoms with E-state index in [4.69, 9.17) is 4.74 Å². The summed E-state index contributed by atoms with van der Waals surface area (Å²) in [5.74, 6) is 0.170. The van der Waals surface area contributed by atoms with Gasteiger partial charge in [-0.1, -0.05) is 6.42 Å². The second kappa shape index (κ2) is 3.98. The number of nitrogens with zero attached hydrogens (tertiary/aromatic N) is 2. The summed E-state index contributed by atoms with van der Waals surface area (Å²) in [7, 11) is 0. The molecule has 0 bridgehead atoms. The number of rotatable bonds is 1. The van der Waals surface area contributed by atoms with Gasteiger partial charge in [-0.2, -0.15) is 10.2 Å². The molecule has 2 aliphatic rings. The molecule has 17 heavy (non-hydrogen) atoms. The van der Waals surface area contributed by atoms with Crippen LogP contribution in [0.1, 0.15) is 37.3 Å². The maximum absolute atomic E-state index is 11.3. The van der Waals surface area contributed by atoms with Gasteiger partial charge < -0.3 is 10.1 Å². The van der Waals surface area contributed by atoms with Gasteiger partial charge in [0.05, 0.1) is 12.2 Å². The van der Waals surface area contributed by atoms with Gasteiger partial charge in [-0.3, -0.25) is 0 Å². The average molecular weight is 233 g/mol. The molecule has 2 atom stereocenters. The molecule has 1 amide bonds. The fraction of sp³-hybridized carbons (Fsp3) is 0.583. The lowest BCUT2D eigenvalue weighted by molar-refractivity contribution is 0.00547. The van der Waals surface area contributed by atoms with E-state index in [-0.39, 0.29) is 12.0 Å². The lowest BCUT2D eigenvalue weighted by atomic mass is 9.73. The Morgan fingerprint density at radius 2 is 2.41 bits per heavy atom. The highest BCUT2D eigenvalue weighted by Crippen LogP contribution is 2.44. The van der Waals surface area contributed by atoms with Crippen LogP contribution in [0.4, 0.5) is 4.79 Å². The first-order chi connectivity index (χ1) is 8.30. The molecule has 1 aromatic heterocycles.